The van der Waals surface area contributed by atoms with E-state index in [4.69, 9.17) is 0 Å². The first-order valence-electron chi connectivity index (χ1n) is 4.23. The molecule has 0 spiro atoms. The number of ether oxygens (including phenoxy) is 1. The number of hydrogen-bond donors (Lipinski definition) is 1. The summed E-state index contributed by atoms with van der Waals surface area (Å²) < 4.78 is 4.62. The van der Waals surface area contributed by atoms with Crippen LogP contribution in [0.15, 0.2) is 24.3 Å². The molecule has 0 aromatic heterocycles. The lowest BCUT2D eigenvalue weighted by atomic mass is 10.1. The molecule has 0 aliphatic heterocycles. The van der Waals surface area contributed by atoms with E-state index in [1.807, 2.05) is 6.92 Å². The van der Waals surface area contributed by atoms with Crippen molar-refractivity contribution in [2.24, 2.45) is 0 Å². The van der Waals surface area contributed by atoms with Gasteiger partial charge in [0.25, 0.3) is 0 Å². The second-order valence-corrected chi connectivity index (χ2v) is 3.42. The van der Waals surface area contributed by atoms with Gasteiger partial charge in [-0.1, -0.05) is 25.7 Å². The molecule has 0 bridgehead atoms. The first-order valence-corrected chi connectivity index (χ1v) is 4.75. The van der Waals surface area contributed by atoms with Crippen LogP contribution < -0.4 is 0 Å². The Morgan fingerprint density at radius 2 is 2.31 bits per heavy atom. The molecule has 74 valence electrons. The van der Waals surface area contributed by atoms with E-state index >= 15 is 0 Å². The SMILES string of the molecule is C=C/C=C(\CC(S)CC)C(=O)OC. The van der Waals surface area contributed by atoms with Gasteiger partial charge in [-0.25, -0.2) is 4.79 Å². The second-order valence-electron chi connectivity index (χ2n) is 2.69. The molecule has 0 heterocycles. The topological polar surface area (TPSA) is 26.3 Å². The summed E-state index contributed by atoms with van der Waals surface area (Å²) >= 11 is 4.31. The number of carbonyl (C=O) groups excluding carboxylic acids is 1. The second kappa shape index (κ2) is 6.78. The van der Waals surface area contributed by atoms with Crippen LogP contribution in [0.3, 0.4) is 0 Å². The van der Waals surface area contributed by atoms with E-state index in [0.717, 1.165) is 6.42 Å². The number of carbonyl (C=O) groups is 1. The minimum Gasteiger partial charge on any atom is -0.466 e. The van der Waals surface area contributed by atoms with E-state index in [0.29, 0.717) is 12.0 Å². The van der Waals surface area contributed by atoms with Gasteiger partial charge in [0, 0.05) is 10.8 Å². The molecule has 1 unspecified atom stereocenters. The predicted molar refractivity (Wildman–Crippen MR) is 58.0 cm³/mol. The van der Waals surface area contributed by atoms with Crippen molar-refractivity contribution >= 4 is 18.6 Å². The quantitative estimate of drug-likeness (QED) is 0.319. The highest BCUT2D eigenvalue weighted by Gasteiger charge is 2.11. The Hall–Kier alpha value is -0.700. The molecule has 0 amide bonds. The van der Waals surface area contributed by atoms with E-state index in [9.17, 15) is 4.79 Å². The summed E-state index contributed by atoms with van der Waals surface area (Å²) in [4.78, 5) is 11.2. The molecule has 0 fully saturated rings. The molecule has 0 N–H and O–H groups in total. The van der Waals surface area contributed by atoms with Gasteiger partial charge in [0.05, 0.1) is 7.11 Å². The van der Waals surface area contributed by atoms with Gasteiger partial charge in [-0.2, -0.15) is 12.6 Å². The largest absolute Gasteiger partial charge is 0.466 e. The van der Waals surface area contributed by atoms with Crippen molar-refractivity contribution in [3.63, 3.8) is 0 Å². The summed E-state index contributed by atoms with van der Waals surface area (Å²) in [5.41, 5.74) is 0.624. The van der Waals surface area contributed by atoms with Crippen molar-refractivity contribution < 1.29 is 9.53 Å². The summed E-state index contributed by atoms with van der Waals surface area (Å²) in [7, 11) is 1.37. The van der Waals surface area contributed by atoms with Gasteiger partial charge in [-0.3, -0.25) is 0 Å². The summed E-state index contributed by atoms with van der Waals surface area (Å²) in [5.74, 6) is -0.299. The lowest BCUT2D eigenvalue weighted by molar-refractivity contribution is -0.136. The third-order valence-corrected chi connectivity index (χ3v) is 2.24. The molecule has 1 atom stereocenters. The monoisotopic (exact) mass is 200 g/mol. The molecule has 0 aromatic carbocycles. The highest BCUT2D eigenvalue weighted by molar-refractivity contribution is 7.80. The van der Waals surface area contributed by atoms with Crippen LogP contribution in [0, 0.1) is 0 Å². The molecule has 0 aliphatic carbocycles. The summed E-state index contributed by atoms with van der Waals surface area (Å²) in [6, 6.07) is 0. The van der Waals surface area contributed by atoms with Crippen LogP contribution in [0.5, 0.6) is 0 Å². The van der Waals surface area contributed by atoms with E-state index in [2.05, 4.69) is 23.9 Å². The lowest BCUT2D eigenvalue weighted by Gasteiger charge is -2.09. The Kier molecular flexibility index (Phi) is 6.41. The zero-order valence-electron chi connectivity index (χ0n) is 8.12. The molecule has 2 nitrogen and oxygen atoms in total. The van der Waals surface area contributed by atoms with Gasteiger partial charge in [-0.15, -0.1) is 0 Å². The van der Waals surface area contributed by atoms with E-state index in [1.54, 1.807) is 12.2 Å². The number of hydrogen-bond acceptors (Lipinski definition) is 3. The number of allylic oxidation sites excluding steroid dienone is 2. The van der Waals surface area contributed by atoms with Gasteiger partial charge < -0.3 is 4.74 Å². The Morgan fingerprint density at radius 3 is 2.69 bits per heavy atom. The van der Waals surface area contributed by atoms with Crippen LogP contribution in [0.1, 0.15) is 19.8 Å². The van der Waals surface area contributed by atoms with Crippen molar-refractivity contribution in [3.05, 3.63) is 24.3 Å². The van der Waals surface area contributed by atoms with Crippen molar-refractivity contribution in [2.45, 2.75) is 25.0 Å². The third kappa shape index (κ3) is 4.78. The summed E-state index contributed by atoms with van der Waals surface area (Å²) in [6.45, 7) is 5.57. The van der Waals surface area contributed by atoms with Gasteiger partial charge in [0.15, 0.2) is 0 Å². The maximum atomic E-state index is 11.2. The molecular weight excluding hydrogens is 184 g/mol. The first-order chi connectivity index (χ1) is 6.15. The van der Waals surface area contributed by atoms with E-state index in [1.165, 1.54) is 7.11 Å². The smallest absolute Gasteiger partial charge is 0.333 e. The summed E-state index contributed by atoms with van der Waals surface area (Å²) in [5, 5.41) is 0.199. The zero-order chi connectivity index (χ0) is 10.3. The highest BCUT2D eigenvalue weighted by atomic mass is 32.1. The molecule has 13 heavy (non-hydrogen) atoms. The van der Waals surface area contributed by atoms with E-state index in [-0.39, 0.29) is 11.2 Å². The maximum Gasteiger partial charge on any atom is 0.333 e. The maximum absolute atomic E-state index is 11.2. The fraction of sp³-hybridized carbons (Fsp3) is 0.500. The minimum absolute atomic E-state index is 0.199. The molecule has 0 saturated heterocycles. The number of thiol groups is 1. The predicted octanol–water partition coefficient (Wildman–Crippen LogP) is 2.37. The standard InChI is InChI=1S/C10H16O2S/c1-4-6-8(10(11)12-3)7-9(13)5-2/h4,6,9,13H,1,5,7H2,2-3H3/b8-6+. The van der Waals surface area contributed by atoms with Crippen molar-refractivity contribution in [1.82, 2.24) is 0 Å². The van der Waals surface area contributed by atoms with Gasteiger partial charge >= 0.3 is 5.97 Å². The Morgan fingerprint density at radius 1 is 1.69 bits per heavy atom. The number of rotatable bonds is 5. The van der Waals surface area contributed by atoms with Crippen molar-refractivity contribution in [3.8, 4) is 0 Å². The average molecular weight is 200 g/mol. The lowest BCUT2D eigenvalue weighted by Crippen LogP contribution is -2.09. The van der Waals surface area contributed by atoms with Crippen LogP contribution >= 0.6 is 12.6 Å². The Bertz CT molecular complexity index is 209. The van der Waals surface area contributed by atoms with Crippen LogP contribution in [0.25, 0.3) is 0 Å². The van der Waals surface area contributed by atoms with Crippen LogP contribution in [0.4, 0.5) is 0 Å². The molecule has 0 saturated carbocycles. The van der Waals surface area contributed by atoms with Crippen molar-refractivity contribution in [1.29, 1.82) is 0 Å². The van der Waals surface area contributed by atoms with Gasteiger partial charge in [0.2, 0.25) is 0 Å². The zero-order valence-corrected chi connectivity index (χ0v) is 9.01. The molecule has 0 aromatic rings. The normalized spacial score (nSPS) is 13.6. The average Bonchev–Trinajstić information content (AvgIpc) is 2.15. The van der Waals surface area contributed by atoms with Gasteiger partial charge in [-0.05, 0) is 12.8 Å². The first kappa shape index (κ1) is 12.3. The van der Waals surface area contributed by atoms with E-state index < -0.39 is 0 Å². The fourth-order valence-corrected chi connectivity index (χ4v) is 1.09. The fourth-order valence-electron chi connectivity index (χ4n) is 0.891. The summed E-state index contributed by atoms with van der Waals surface area (Å²) in [6.07, 6.45) is 4.81. The van der Waals surface area contributed by atoms with Crippen LogP contribution in [-0.4, -0.2) is 18.3 Å². The number of methoxy groups -OCH3 is 1. The molecular formula is C10H16O2S. The number of esters is 1. The minimum atomic E-state index is -0.299. The van der Waals surface area contributed by atoms with Crippen LogP contribution in [-0.2, 0) is 9.53 Å². The van der Waals surface area contributed by atoms with Crippen LogP contribution in [0.2, 0.25) is 0 Å². The Balaban J connectivity index is 4.35. The highest BCUT2D eigenvalue weighted by Crippen LogP contribution is 2.14. The molecule has 0 aliphatic rings. The third-order valence-electron chi connectivity index (χ3n) is 1.69. The van der Waals surface area contributed by atoms with Crippen molar-refractivity contribution in [2.75, 3.05) is 7.11 Å². The van der Waals surface area contributed by atoms with Gasteiger partial charge in [0.1, 0.15) is 0 Å². The molecule has 0 rings (SSSR count). The molecule has 0 radical (unpaired) electrons. The molecule has 3 heteroatoms. The Labute approximate surface area is 85.1 Å².